The molecule has 2 amide bonds. The maximum atomic E-state index is 12.6. The summed E-state index contributed by atoms with van der Waals surface area (Å²) in [4.78, 5) is 26.5. The third-order valence-corrected chi connectivity index (χ3v) is 3.71. The van der Waals surface area contributed by atoms with E-state index in [0.29, 0.717) is 30.9 Å². The molecule has 0 saturated heterocycles. The molecule has 0 saturated carbocycles. The number of carbonyl (C=O) groups is 2. The summed E-state index contributed by atoms with van der Waals surface area (Å²) in [5.74, 6) is 0.235. The summed E-state index contributed by atoms with van der Waals surface area (Å²) in [6, 6.07) is 5.07. The Balaban J connectivity index is 2.40. The van der Waals surface area contributed by atoms with Gasteiger partial charge in [0.25, 0.3) is 5.91 Å². The quantitative estimate of drug-likeness (QED) is 0.848. The van der Waals surface area contributed by atoms with Crippen LogP contribution in [0.1, 0.15) is 25.8 Å². The number of fused-ring (bicyclic) bond motifs is 1. The second-order valence-corrected chi connectivity index (χ2v) is 5.44. The van der Waals surface area contributed by atoms with Crippen molar-refractivity contribution in [2.75, 3.05) is 18.0 Å². The lowest BCUT2D eigenvalue weighted by atomic mass is 10.1. The van der Waals surface area contributed by atoms with Gasteiger partial charge in [0.05, 0.1) is 5.69 Å². The minimum absolute atomic E-state index is 0.192. The lowest BCUT2D eigenvalue weighted by molar-refractivity contribution is -0.130. The molecule has 1 aliphatic rings. The molecule has 3 N–H and O–H groups in total. The van der Waals surface area contributed by atoms with Gasteiger partial charge in [-0.25, -0.2) is 0 Å². The summed E-state index contributed by atoms with van der Waals surface area (Å²) in [6.45, 7) is 6.28. The molecule has 6 heteroatoms. The molecule has 1 aromatic rings. The van der Waals surface area contributed by atoms with Crippen LogP contribution in [0.3, 0.4) is 0 Å². The molecule has 0 aromatic heterocycles. The average molecular weight is 305 g/mol. The fraction of sp³-hybridized carbons (Fsp3) is 0.500. The Kier molecular flexibility index (Phi) is 5.03. The fourth-order valence-electron chi connectivity index (χ4n) is 2.59. The maximum absolute atomic E-state index is 12.6. The van der Waals surface area contributed by atoms with Crippen LogP contribution >= 0.6 is 0 Å². The number of amides is 2. The first-order valence-corrected chi connectivity index (χ1v) is 7.57. The minimum Gasteiger partial charge on any atom is -0.479 e. The van der Waals surface area contributed by atoms with Crippen molar-refractivity contribution in [1.29, 1.82) is 0 Å². The van der Waals surface area contributed by atoms with Gasteiger partial charge < -0.3 is 15.8 Å². The molecule has 6 nitrogen and oxygen atoms in total. The number of anilines is 1. The number of nitrogens with zero attached hydrogens (tertiary/aromatic N) is 1. The van der Waals surface area contributed by atoms with E-state index in [1.807, 2.05) is 32.0 Å². The highest BCUT2D eigenvalue weighted by atomic mass is 16.5. The SMILES string of the molecule is CCC(C(=O)NCCN)N1C(=O)C(C)Oc2ccc(C)cc21. The molecule has 0 radical (unpaired) electrons. The molecule has 2 rings (SSSR count). The first-order chi connectivity index (χ1) is 10.5. The Morgan fingerprint density at radius 1 is 1.50 bits per heavy atom. The minimum atomic E-state index is -0.605. The summed E-state index contributed by atoms with van der Waals surface area (Å²) in [7, 11) is 0. The summed E-state index contributed by atoms with van der Waals surface area (Å²) in [5.41, 5.74) is 7.08. The second kappa shape index (κ2) is 6.79. The third kappa shape index (κ3) is 3.06. The van der Waals surface area contributed by atoms with Crippen LogP contribution in [0.4, 0.5) is 5.69 Å². The zero-order chi connectivity index (χ0) is 16.3. The van der Waals surface area contributed by atoms with Crippen LogP contribution in [0, 0.1) is 6.92 Å². The third-order valence-electron chi connectivity index (χ3n) is 3.71. The zero-order valence-corrected chi connectivity index (χ0v) is 13.3. The Bertz CT molecular complexity index is 574. The van der Waals surface area contributed by atoms with Gasteiger partial charge in [0.15, 0.2) is 6.10 Å². The van der Waals surface area contributed by atoms with Crippen LogP contribution in [0.5, 0.6) is 5.75 Å². The van der Waals surface area contributed by atoms with Gasteiger partial charge >= 0.3 is 0 Å². The number of hydrogen-bond acceptors (Lipinski definition) is 4. The Labute approximate surface area is 130 Å². The molecule has 22 heavy (non-hydrogen) atoms. The van der Waals surface area contributed by atoms with E-state index >= 15 is 0 Å². The van der Waals surface area contributed by atoms with Crippen LogP contribution in [-0.2, 0) is 9.59 Å². The summed E-state index contributed by atoms with van der Waals surface area (Å²) in [5, 5.41) is 2.76. The first kappa shape index (κ1) is 16.3. The van der Waals surface area contributed by atoms with Gasteiger partial charge in [0.1, 0.15) is 11.8 Å². The van der Waals surface area contributed by atoms with E-state index in [9.17, 15) is 9.59 Å². The van der Waals surface area contributed by atoms with Crippen LogP contribution in [-0.4, -0.2) is 37.0 Å². The highest BCUT2D eigenvalue weighted by Crippen LogP contribution is 2.36. The van der Waals surface area contributed by atoms with Gasteiger partial charge in [0.2, 0.25) is 5.91 Å². The monoisotopic (exact) mass is 305 g/mol. The predicted octanol–water partition coefficient (Wildman–Crippen LogP) is 0.962. The molecule has 120 valence electrons. The largest absolute Gasteiger partial charge is 0.479 e. The average Bonchev–Trinajstić information content (AvgIpc) is 2.50. The molecule has 1 heterocycles. The molecule has 0 fully saturated rings. The molecule has 2 atom stereocenters. The maximum Gasteiger partial charge on any atom is 0.268 e. The molecule has 0 aliphatic carbocycles. The van der Waals surface area contributed by atoms with Gasteiger partial charge in [-0.1, -0.05) is 13.0 Å². The fourth-order valence-corrected chi connectivity index (χ4v) is 2.59. The molecule has 0 spiro atoms. The molecule has 2 unspecified atom stereocenters. The van der Waals surface area contributed by atoms with Crippen molar-refractivity contribution in [3.05, 3.63) is 23.8 Å². The van der Waals surface area contributed by atoms with Crippen molar-refractivity contribution in [2.24, 2.45) is 5.73 Å². The van der Waals surface area contributed by atoms with Crippen LogP contribution < -0.4 is 20.7 Å². The van der Waals surface area contributed by atoms with Gasteiger partial charge in [-0.05, 0) is 38.0 Å². The van der Waals surface area contributed by atoms with E-state index in [0.717, 1.165) is 5.56 Å². The normalized spacial score (nSPS) is 18.5. The first-order valence-electron chi connectivity index (χ1n) is 7.57. The Morgan fingerprint density at radius 3 is 2.86 bits per heavy atom. The number of aryl methyl sites for hydroxylation is 1. The topological polar surface area (TPSA) is 84.7 Å². The summed E-state index contributed by atoms with van der Waals surface area (Å²) in [6.07, 6.45) is -0.0889. The molecule has 1 aliphatic heterocycles. The van der Waals surface area contributed by atoms with Crippen molar-refractivity contribution in [3.63, 3.8) is 0 Å². The smallest absolute Gasteiger partial charge is 0.268 e. The van der Waals surface area contributed by atoms with Crippen LogP contribution in [0.2, 0.25) is 0 Å². The number of rotatable bonds is 5. The van der Waals surface area contributed by atoms with Crippen molar-refractivity contribution in [3.8, 4) is 5.75 Å². The highest BCUT2D eigenvalue weighted by molar-refractivity contribution is 6.05. The number of ether oxygens (including phenoxy) is 1. The van der Waals surface area contributed by atoms with Gasteiger partial charge in [0, 0.05) is 13.1 Å². The summed E-state index contributed by atoms with van der Waals surface area (Å²) < 4.78 is 5.64. The second-order valence-electron chi connectivity index (χ2n) is 5.44. The van der Waals surface area contributed by atoms with E-state index in [-0.39, 0.29) is 11.8 Å². The lowest BCUT2D eigenvalue weighted by Gasteiger charge is -2.37. The van der Waals surface area contributed by atoms with Crippen molar-refractivity contribution in [2.45, 2.75) is 39.3 Å². The van der Waals surface area contributed by atoms with E-state index in [1.165, 1.54) is 0 Å². The van der Waals surface area contributed by atoms with Crippen molar-refractivity contribution >= 4 is 17.5 Å². The van der Waals surface area contributed by atoms with E-state index < -0.39 is 12.1 Å². The van der Waals surface area contributed by atoms with Crippen molar-refractivity contribution < 1.29 is 14.3 Å². The molecule has 1 aromatic carbocycles. The molecular weight excluding hydrogens is 282 g/mol. The number of hydrogen-bond donors (Lipinski definition) is 2. The van der Waals surface area contributed by atoms with E-state index in [1.54, 1.807) is 11.8 Å². The van der Waals surface area contributed by atoms with Gasteiger partial charge in [-0.15, -0.1) is 0 Å². The van der Waals surface area contributed by atoms with Gasteiger partial charge in [-0.3, -0.25) is 14.5 Å². The van der Waals surface area contributed by atoms with E-state index in [2.05, 4.69) is 5.32 Å². The zero-order valence-electron chi connectivity index (χ0n) is 13.3. The molecular formula is C16H23N3O3. The number of nitrogens with one attached hydrogen (secondary N) is 1. The number of nitrogens with two attached hydrogens (primary N) is 1. The van der Waals surface area contributed by atoms with E-state index in [4.69, 9.17) is 10.5 Å². The lowest BCUT2D eigenvalue weighted by Crippen LogP contribution is -2.55. The van der Waals surface area contributed by atoms with Crippen molar-refractivity contribution in [1.82, 2.24) is 5.32 Å². The van der Waals surface area contributed by atoms with Gasteiger partial charge in [-0.2, -0.15) is 0 Å². The Morgan fingerprint density at radius 2 is 2.23 bits per heavy atom. The standard InChI is InChI=1S/C16H23N3O3/c1-4-12(15(20)18-8-7-17)19-13-9-10(2)5-6-14(13)22-11(3)16(19)21/h5-6,9,11-12H,4,7-8,17H2,1-3H3,(H,18,20). The summed E-state index contributed by atoms with van der Waals surface area (Å²) >= 11 is 0. The van der Waals surface area contributed by atoms with Crippen LogP contribution in [0.15, 0.2) is 18.2 Å². The Hall–Kier alpha value is -2.08. The predicted molar refractivity (Wildman–Crippen MR) is 84.9 cm³/mol. The molecule has 0 bridgehead atoms. The highest BCUT2D eigenvalue weighted by Gasteiger charge is 2.38. The number of carbonyl (C=O) groups excluding carboxylic acids is 2. The van der Waals surface area contributed by atoms with Crippen LogP contribution in [0.25, 0.3) is 0 Å². The number of benzene rings is 1.